The Balaban J connectivity index is 1.87. The zero-order valence-electron chi connectivity index (χ0n) is 14.6. The fourth-order valence-electron chi connectivity index (χ4n) is 3.67. The first-order valence-electron chi connectivity index (χ1n) is 8.72. The van der Waals surface area contributed by atoms with Gasteiger partial charge in [-0.1, -0.05) is 24.9 Å². The smallest absolute Gasteiger partial charge is 0.349 e. The molecule has 1 amide bonds. The van der Waals surface area contributed by atoms with Crippen molar-refractivity contribution in [3.63, 3.8) is 0 Å². The number of hydrogen-bond acceptors (Lipinski definition) is 5. The van der Waals surface area contributed by atoms with Crippen LogP contribution in [0, 0.1) is 5.41 Å². The van der Waals surface area contributed by atoms with E-state index in [1.54, 1.807) is 18.2 Å². The number of likely N-dealkylation sites (tertiary alicyclic amines) is 1. The molecule has 1 fully saturated rings. The molecule has 1 saturated heterocycles. The number of piperidine rings is 1. The Labute approximate surface area is 156 Å². The molecule has 0 radical (unpaired) electrons. The number of aliphatic hydroxyl groups excluding tert-OH is 2. The molecule has 3 rings (SSSR count). The fraction of sp³-hybridized carbons (Fsp3) is 0.474. The summed E-state index contributed by atoms with van der Waals surface area (Å²) >= 11 is 5.96. The van der Waals surface area contributed by atoms with Crippen molar-refractivity contribution in [2.75, 3.05) is 19.7 Å². The minimum absolute atomic E-state index is 0.0758. The number of amides is 1. The third-order valence-corrected chi connectivity index (χ3v) is 5.49. The van der Waals surface area contributed by atoms with E-state index in [0.717, 1.165) is 6.42 Å². The molecule has 2 aromatic rings. The molecule has 1 aliphatic heterocycles. The molecular weight excluding hydrogens is 358 g/mol. The van der Waals surface area contributed by atoms with E-state index in [0.29, 0.717) is 35.4 Å². The molecular formula is C19H22ClNO5. The zero-order chi connectivity index (χ0) is 18.9. The molecule has 6 nitrogen and oxygen atoms in total. The van der Waals surface area contributed by atoms with E-state index >= 15 is 0 Å². The Kier molecular flexibility index (Phi) is 5.37. The average molecular weight is 380 g/mol. The zero-order valence-corrected chi connectivity index (χ0v) is 15.3. The van der Waals surface area contributed by atoms with E-state index in [1.165, 1.54) is 11.0 Å². The second-order valence-corrected chi connectivity index (χ2v) is 7.35. The van der Waals surface area contributed by atoms with Crippen LogP contribution < -0.4 is 5.63 Å². The monoisotopic (exact) mass is 379 g/mol. The minimum atomic E-state index is -0.841. The van der Waals surface area contributed by atoms with Crippen LogP contribution in [0.25, 0.3) is 11.0 Å². The number of carbonyl (C=O) groups excluding carboxylic acids is 1. The summed E-state index contributed by atoms with van der Waals surface area (Å²) in [6, 6.07) is 6.29. The van der Waals surface area contributed by atoms with Crippen LogP contribution in [0.1, 0.15) is 36.5 Å². The number of benzene rings is 1. The largest absolute Gasteiger partial charge is 0.422 e. The number of aliphatic hydroxyl groups is 2. The molecule has 0 bridgehead atoms. The molecule has 26 heavy (non-hydrogen) atoms. The Hall–Kier alpha value is -1.89. The second-order valence-electron chi connectivity index (χ2n) is 6.92. The summed E-state index contributed by atoms with van der Waals surface area (Å²) in [4.78, 5) is 26.5. The van der Waals surface area contributed by atoms with Crippen molar-refractivity contribution >= 4 is 28.5 Å². The highest BCUT2D eigenvalue weighted by atomic mass is 35.5. The molecule has 0 aliphatic carbocycles. The number of fused-ring (bicyclic) bond motifs is 1. The van der Waals surface area contributed by atoms with Gasteiger partial charge in [0, 0.05) is 28.9 Å². The summed E-state index contributed by atoms with van der Waals surface area (Å²) in [6.45, 7) is 2.31. The maximum absolute atomic E-state index is 12.8. The lowest BCUT2D eigenvalue weighted by Gasteiger charge is -2.44. The van der Waals surface area contributed by atoms with Gasteiger partial charge in [0.15, 0.2) is 0 Å². The van der Waals surface area contributed by atoms with Gasteiger partial charge in [-0.15, -0.1) is 0 Å². The summed E-state index contributed by atoms with van der Waals surface area (Å²) in [5.41, 5.74) is -1.03. The molecule has 1 aromatic heterocycles. The molecule has 0 unspecified atom stereocenters. The normalized spacial score (nSPS) is 23.4. The van der Waals surface area contributed by atoms with Gasteiger partial charge in [0.25, 0.3) is 5.91 Å². The van der Waals surface area contributed by atoms with Gasteiger partial charge in [-0.2, -0.15) is 0 Å². The molecule has 2 atom stereocenters. The minimum Gasteiger partial charge on any atom is -0.422 e. The van der Waals surface area contributed by atoms with Crippen LogP contribution in [0.4, 0.5) is 0 Å². The Bertz CT molecular complexity index is 880. The first-order chi connectivity index (χ1) is 12.4. The van der Waals surface area contributed by atoms with Crippen molar-refractivity contribution < 1.29 is 19.4 Å². The SMILES string of the molecule is CCC[C@]1(CO)CCN(C(=O)c2cc3cc(Cl)ccc3oc2=O)C[C@@H]1O. The summed E-state index contributed by atoms with van der Waals surface area (Å²) in [5.74, 6) is -0.484. The van der Waals surface area contributed by atoms with Gasteiger partial charge >= 0.3 is 5.63 Å². The molecule has 0 spiro atoms. The van der Waals surface area contributed by atoms with Crippen LogP contribution in [0.5, 0.6) is 0 Å². The third kappa shape index (κ3) is 3.37. The van der Waals surface area contributed by atoms with Gasteiger partial charge in [0.05, 0.1) is 12.7 Å². The van der Waals surface area contributed by atoms with Crippen LogP contribution in [0.3, 0.4) is 0 Å². The van der Waals surface area contributed by atoms with Crippen LogP contribution in [-0.2, 0) is 0 Å². The van der Waals surface area contributed by atoms with Gasteiger partial charge in [0.2, 0.25) is 0 Å². The molecule has 140 valence electrons. The Morgan fingerprint density at radius 2 is 2.19 bits per heavy atom. The summed E-state index contributed by atoms with van der Waals surface area (Å²) < 4.78 is 5.22. The van der Waals surface area contributed by atoms with Gasteiger partial charge in [-0.25, -0.2) is 4.79 Å². The Morgan fingerprint density at radius 3 is 2.85 bits per heavy atom. The summed E-state index contributed by atoms with van der Waals surface area (Å²) in [7, 11) is 0. The van der Waals surface area contributed by atoms with Crippen molar-refractivity contribution in [3.05, 3.63) is 45.3 Å². The summed E-state index contributed by atoms with van der Waals surface area (Å²) in [6.07, 6.45) is 1.16. The molecule has 1 aromatic carbocycles. The molecule has 2 N–H and O–H groups in total. The van der Waals surface area contributed by atoms with Crippen LogP contribution in [-0.4, -0.2) is 46.8 Å². The number of hydrogen-bond donors (Lipinski definition) is 2. The number of carbonyl (C=O) groups is 1. The lowest BCUT2D eigenvalue weighted by Crippen LogP contribution is -2.54. The standard InChI is InChI=1S/C19H22ClNO5/c1-2-5-19(11-22)6-7-21(10-16(19)23)17(24)14-9-12-8-13(20)3-4-15(12)26-18(14)25/h3-4,8-9,16,22-23H,2,5-7,10-11H2,1H3/t16-,19+/m0/s1. The lowest BCUT2D eigenvalue weighted by atomic mass is 9.73. The average Bonchev–Trinajstić information content (AvgIpc) is 2.62. The maximum Gasteiger partial charge on any atom is 0.349 e. The number of nitrogens with zero attached hydrogens (tertiary/aromatic N) is 1. The predicted molar refractivity (Wildman–Crippen MR) is 98.4 cm³/mol. The van der Waals surface area contributed by atoms with E-state index in [-0.39, 0.29) is 18.7 Å². The number of rotatable bonds is 4. The maximum atomic E-state index is 12.8. The molecule has 7 heteroatoms. The van der Waals surface area contributed by atoms with E-state index in [1.807, 2.05) is 6.92 Å². The van der Waals surface area contributed by atoms with Crippen molar-refractivity contribution in [1.29, 1.82) is 0 Å². The van der Waals surface area contributed by atoms with Gasteiger partial charge in [0.1, 0.15) is 11.1 Å². The quantitative estimate of drug-likeness (QED) is 0.796. The van der Waals surface area contributed by atoms with Gasteiger partial charge < -0.3 is 19.5 Å². The van der Waals surface area contributed by atoms with E-state index < -0.39 is 23.1 Å². The first kappa shape index (κ1) is 18.9. The van der Waals surface area contributed by atoms with Crippen LogP contribution in [0.2, 0.25) is 5.02 Å². The molecule has 0 saturated carbocycles. The van der Waals surface area contributed by atoms with Crippen molar-refractivity contribution in [1.82, 2.24) is 4.90 Å². The highest BCUT2D eigenvalue weighted by molar-refractivity contribution is 6.31. The number of halogens is 1. The fourth-order valence-corrected chi connectivity index (χ4v) is 3.85. The van der Waals surface area contributed by atoms with Crippen molar-refractivity contribution in [2.45, 2.75) is 32.3 Å². The van der Waals surface area contributed by atoms with E-state index in [9.17, 15) is 19.8 Å². The summed E-state index contributed by atoms with van der Waals surface area (Å²) in [5, 5.41) is 21.3. The molecule has 1 aliphatic rings. The van der Waals surface area contributed by atoms with Gasteiger partial charge in [-0.3, -0.25) is 4.79 Å². The predicted octanol–water partition coefficient (Wildman–Crippen LogP) is 2.43. The molecule has 2 heterocycles. The van der Waals surface area contributed by atoms with Crippen molar-refractivity contribution in [3.8, 4) is 0 Å². The Morgan fingerprint density at radius 1 is 1.42 bits per heavy atom. The topological polar surface area (TPSA) is 91.0 Å². The van der Waals surface area contributed by atoms with E-state index in [2.05, 4.69) is 0 Å². The van der Waals surface area contributed by atoms with Gasteiger partial charge in [-0.05, 0) is 37.1 Å². The first-order valence-corrected chi connectivity index (χ1v) is 9.09. The van der Waals surface area contributed by atoms with E-state index in [4.69, 9.17) is 16.0 Å². The third-order valence-electron chi connectivity index (χ3n) is 5.25. The lowest BCUT2D eigenvalue weighted by molar-refractivity contribution is -0.0713. The van der Waals surface area contributed by atoms with Crippen LogP contribution >= 0.6 is 11.6 Å². The van der Waals surface area contributed by atoms with Crippen molar-refractivity contribution in [2.24, 2.45) is 5.41 Å². The number of β-amino-alcohol motifs (C(OH)–C–C–N with tert-alkyl or cyclic N) is 1. The highest BCUT2D eigenvalue weighted by Gasteiger charge is 2.42. The highest BCUT2D eigenvalue weighted by Crippen LogP contribution is 2.36. The van der Waals surface area contributed by atoms with Crippen LogP contribution in [0.15, 0.2) is 33.5 Å². The second kappa shape index (κ2) is 7.39.